The Balaban J connectivity index is 1.75. The molecule has 1 spiro atoms. The van der Waals surface area contributed by atoms with Crippen LogP contribution in [0.1, 0.15) is 55.7 Å². The monoisotopic (exact) mass is 293 g/mol. The van der Waals surface area contributed by atoms with Gasteiger partial charge in [-0.25, -0.2) is 0 Å². The lowest BCUT2D eigenvalue weighted by atomic mass is 9.79. The van der Waals surface area contributed by atoms with Gasteiger partial charge >= 0.3 is 0 Å². The molecule has 1 saturated heterocycles. The lowest BCUT2D eigenvalue weighted by molar-refractivity contribution is -0.0963. The van der Waals surface area contributed by atoms with E-state index in [-0.39, 0.29) is 11.6 Å². The van der Waals surface area contributed by atoms with E-state index in [9.17, 15) is 0 Å². The Labute approximate surface area is 126 Å². The predicted molar refractivity (Wildman–Crippen MR) is 83.0 cm³/mol. The van der Waals surface area contributed by atoms with Gasteiger partial charge in [-0.05, 0) is 55.7 Å². The van der Waals surface area contributed by atoms with Crippen LogP contribution < -0.4 is 5.73 Å². The molecule has 0 aromatic heterocycles. The Bertz CT molecular complexity index is 482. The zero-order valence-electron chi connectivity index (χ0n) is 12.2. The molecule has 1 heterocycles. The maximum Gasteiger partial charge on any atom is 0.0685 e. The van der Waals surface area contributed by atoms with Gasteiger partial charge in [0.05, 0.1) is 5.60 Å². The van der Waals surface area contributed by atoms with Crippen LogP contribution in [0.25, 0.3) is 0 Å². The second-order valence-corrected chi connectivity index (χ2v) is 6.93. The van der Waals surface area contributed by atoms with Crippen LogP contribution in [0.5, 0.6) is 0 Å². The van der Waals surface area contributed by atoms with Gasteiger partial charge in [-0.1, -0.05) is 36.6 Å². The molecule has 3 heteroatoms. The molecular weight excluding hydrogens is 270 g/mol. The topological polar surface area (TPSA) is 35.2 Å². The van der Waals surface area contributed by atoms with Gasteiger partial charge in [-0.2, -0.15) is 0 Å². The van der Waals surface area contributed by atoms with Crippen molar-refractivity contribution in [3.8, 4) is 0 Å². The van der Waals surface area contributed by atoms with E-state index >= 15 is 0 Å². The van der Waals surface area contributed by atoms with Gasteiger partial charge in [0.2, 0.25) is 0 Å². The Morgan fingerprint density at radius 3 is 2.80 bits per heavy atom. The molecule has 20 heavy (non-hydrogen) atoms. The molecule has 0 radical (unpaired) electrons. The van der Waals surface area contributed by atoms with E-state index in [4.69, 9.17) is 22.1 Å². The first-order valence-electron chi connectivity index (χ1n) is 7.75. The van der Waals surface area contributed by atoms with Gasteiger partial charge in [-0.3, -0.25) is 0 Å². The molecule has 2 aliphatic rings. The Morgan fingerprint density at radius 1 is 1.35 bits per heavy atom. The summed E-state index contributed by atoms with van der Waals surface area (Å²) in [5.41, 5.74) is 8.94. The van der Waals surface area contributed by atoms with Crippen molar-refractivity contribution >= 4 is 11.6 Å². The van der Waals surface area contributed by atoms with Crippen molar-refractivity contribution in [1.29, 1.82) is 0 Å². The third kappa shape index (κ3) is 2.74. The number of rotatable bonds is 2. The minimum Gasteiger partial charge on any atom is -0.375 e. The maximum atomic E-state index is 6.53. The molecular formula is C17H24ClNO. The molecule has 2 unspecified atom stereocenters. The van der Waals surface area contributed by atoms with Gasteiger partial charge in [0.25, 0.3) is 0 Å². The summed E-state index contributed by atoms with van der Waals surface area (Å²) in [5, 5.41) is 0.820. The SMILES string of the molecule is Cc1ccc(C(N)C2CCOC3(CCCC3)C2)cc1Cl. The summed E-state index contributed by atoms with van der Waals surface area (Å²) in [6, 6.07) is 6.32. The highest BCUT2D eigenvalue weighted by Gasteiger charge is 2.41. The van der Waals surface area contributed by atoms with Crippen molar-refractivity contribution < 1.29 is 4.74 Å². The van der Waals surface area contributed by atoms with Gasteiger partial charge < -0.3 is 10.5 Å². The second kappa shape index (κ2) is 5.67. The summed E-state index contributed by atoms with van der Waals surface area (Å²) in [4.78, 5) is 0. The molecule has 1 aromatic carbocycles. The third-order valence-electron chi connectivity index (χ3n) is 5.13. The molecule has 2 fully saturated rings. The van der Waals surface area contributed by atoms with Crippen LogP contribution in [0, 0.1) is 12.8 Å². The molecule has 1 aliphatic carbocycles. The highest BCUT2D eigenvalue weighted by Crippen LogP contribution is 2.44. The van der Waals surface area contributed by atoms with Crippen molar-refractivity contribution in [2.45, 2.75) is 57.1 Å². The molecule has 2 N–H and O–H groups in total. The largest absolute Gasteiger partial charge is 0.375 e. The van der Waals surface area contributed by atoms with E-state index in [0.29, 0.717) is 5.92 Å². The molecule has 1 aromatic rings. The molecule has 0 bridgehead atoms. The lowest BCUT2D eigenvalue weighted by Crippen LogP contribution is -2.40. The first kappa shape index (κ1) is 14.4. The average Bonchev–Trinajstić information content (AvgIpc) is 2.89. The van der Waals surface area contributed by atoms with Crippen molar-refractivity contribution in [2.24, 2.45) is 11.7 Å². The van der Waals surface area contributed by atoms with E-state index in [2.05, 4.69) is 12.1 Å². The smallest absolute Gasteiger partial charge is 0.0685 e. The Kier molecular flexibility index (Phi) is 4.07. The number of hydrogen-bond donors (Lipinski definition) is 1. The summed E-state index contributed by atoms with van der Waals surface area (Å²) in [6.07, 6.45) is 7.21. The maximum absolute atomic E-state index is 6.53. The first-order valence-corrected chi connectivity index (χ1v) is 8.13. The van der Waals surface area contributed by atoms with E-state index in [1.807, 2.05) is 13.0 Å². The van der Waals surface area contributed by atoms with Crippen LogP contribution in [-0.2, 0) is 4.74 Å². The van der Waals surface area contributed by atoms with Crippen LogP contribution in [-0.4, -0.2) is 12.2 Å². The van der Waals surface area contributed by atoms with Gasteiger partial charge in [0.1, 0.15) is 0 Å². The number of benzene rings is 1. The third-order valence-corrected chi connectivity index (χ3v) is 5.54. The van der Waals surface area contributed by atoms with Crippen LogP contribution in [0.3, 0.4) is 0 Å². The summed E-state index contributed by atoms with van der Waals surface area (Å²) < 4.78 is 6.10. The fourth-order valence-electron chi connectivity index (χ4n) is 3.83. The average molecular weight is 294 g/mol. The standard InChI is InChI=1S/C17H24ClNO/c1-12-4-5-13(10-15(12)18)16(19)14-6-9-20-17(11-14)7-2-3-8-17/h4-5,10,14,16H,2-3,6-9,11,19H2,1H3. The predicted octanol–water partition coefficient (Wildman–Crippen LogP) is 4.39. The minimum atomic E-state index is 0.0782. The summed E-state index contributed by atoms with van der Waals surface area (Å²) in [6.45, 7) is 2.89. The van der Waals surface area contributed by atoms with Crippen LogP contribution in [0.2, 0.25) is 5.02 Å². The summed E-state index contributed by atoms with van der Waals surface area (Å²) in [7, 11) is 0. The molecule has 3 rings (SSSR count). The van der Waals surface area contributed by atoms with Crippen molar-refractivity contribution in [2.75, 3.05) is 6.61 Å². The molecule has 2 nitrogen and oxygen atoms in total. The second-order valence-electron chi connectivity index (χ2n) is 6.53. The van der Waals surface area contributed by atoms with Gasteiger partial charge in [0, 0.05) is 17.7 Å². The first-order chi connectivity index (χ1) is 9.60. The number of ether oxygens (including phenoxy) is 1. The summed E-state index contributed by atoms with van der Waals surface area (Å²) >= 11 is 6.24. The lowest BCUT2D eigenvalue weighted by Gasteiger charge is -2.40. The molecule has 110 valence electrons. The van der Waals surface area contributed by atoms with Gasteiger partial charge in [0.15, 0.2) is 0 Å². The van der Waals surface area contributed by atoms with Crippen LogP contribution in [0.15, 0.2) is 18.2 Å². The van der Waals surface area contributed by atoms with Crippen LogP contribution in [0.4, 0.5) is 0 Å². The number of nitrogens with two attached hydrogens (primary N) is 1. The molecule has 1 aliphatic heterocycles. The van der Waals surface area contributed by atoms with Crippen LogP contribution >= 0.6 is 11.6 Å². The van der Waals surface area contributed by atoms with E-state index in [0.717, 1.165) is 30.0 Å². The fraction of sp³-hybridized carbons (Fsp3) is 0.647. The number of halogens is 1. The molecule has 0 amide bonds. The van der Waals surface area contributed by atoms with Crippen molar-refractivity contribution in [3.05, 3.63) is 34.3 Å². The minimum absolute atomic E-state index is 0.0782. The Morgan fingerprint density at radius 2 is 2.10 bits per heavy atom. The van der Waals surface area contributed by atoms with E-state index in [1.54, 1.807) is 0 Å². The fourth-order valence-corrected chi connectivity index (χ4v) is 4.02. The highest BCUT2D eigenvalue weighted by molar-refractivity contribution is 6.31. The van der Waals surface area contributed by atoms with Crippen molar-refractivity contribution in [1.82, 2.24) is 0 Å². The molecule has 1 saturated carbocycles. The normalized spacial score (nSPS) is 26.9. The molecule has 2 atom stereocenters. The van der Waals surface area contributed by atoms with E-state index < -0.39 is 0 Å². The zero-order valence-corrected chi connectivity index (χ0v) is 13.0. The van der Waals surface area contributed by atoms with Crippen molar-refractivity contribution in [3.63, 3.8) is 0 Å². The quantitative estimate of drug-likeness (QED) is 0.878. The number of aryl methyl sites for hydroxylation is 1. The Hall–Kier alpha value is -0.570. The van der Waals surface area contributed by atoms with Gasteiger partial charge in [-0.15, -0.1) is 0 Å². The summed E-state index contributed by atoms with van der Waals surface area (Å²) in [5.74, 6) is 0.514. The highest BCUT2D eigenvalue weighted by atomic mass is 35.5. The number of hydrogen-bond acceptors (Lipinski definition) is 2. The van der Waals surface area contributed by atoms with E-state index in [1.165, 1.54) is 31.2 Å². The zero-order chi connectivity index (χ0) is 14.2.